The summed E-state index contributed by atoms with van der Waals surface area (Å²) < 4.78 is 5.32. The van der Waals surface area contributed by atoms with Gasteiger partial charge in [-0.3, -0.25) is 9.69 Å². The summed E-state index contributed by atoms with van der Waals surface area (Å²) in [5, 5.41) is 10.1. The lowest BCUT2D eigenvalue weighted by Crippen LogP contribution is -2.28. The fraction of sp³-hybridized carbons (Fsp3) is 0.562. The van der Waals surface area contributed by atoms with Crippen molar-refractivity contribution in [3.05, 3.63) is 29.8 Å². The van der Waals surface area contributed by atoms with Crippen molar-refractivity contribution in [2.45, 2.75) is 38.3 Å². The van der Waals surface area contributed by atoms with Crippen LogP contribution in [0.25, 0.3) is 0 Å². The third-order valence-corrected chi connectivity index (χ3v) is 3.84. The van der Waals surface area contributed by atoms with Crippen molar-refractivity contribution in [3.8, 4) is 5.75 Å². The van der Waals surface area contributed by atoms with Gasteiger partial charge in [-0.15, -0.1) is 0 Å². The smallest absolute Gasteiger partial charge is 0.255 e. The summed E-state index contributed by atoms with van der Waals surface area (Å²) in [6.07, 6.45) is 2.65. The van der Waals surface area contributed by atoms with E-state index in [-0.39, 0.29) is 6.61 Å². The molecule has 1 heterocycles. The standard InChI is InChI=1S/C16H24N2O3/c1-16(20)6-3-8-18(9-7-16)11-13-4-2-5-14(10-13)21-12-15(17)19/h2,4-5,10,20H,3,6-9,11-12H2,1H3,(H2,17,19). The van der Waals surface area contributed by atoms with Crippen LogP contribution in [0.15, 0.2) is 24.3 Å². The van der Waals surface area contributed by atoms with E-state index in [1.807, 2.05) is 31.2 Å². The molecule has 2 rings (SSSR count). The molecule has 0 spiro atoms. The summed E-state index contributed by atoms with van der Waals surface area (Å²) in [4.78, 5) is 13.1. The molecule has 3 N–H and O–H groups in total. The molecule has 1 saturated heterocycles. The molecule has 1 fully saturated rings. The second-order valence-corrected chi connectivity index (χ2v) is 6.03. The summed E-state index contributed by atoms with van der Waals surface area (Å²) in [7, 11) is 0. The van der Waals surface area contributed by atoms with Gasteiger partial charge in [0.15, 0.2) is 6.61 Å². The highest BCUT2D eigenvalue weighted by molar-refractivity contribution is 5.75. The van der Waals surface area contributed by atoms with Crippen molar-refractivity contribution in [2.24, 2.45) is 5.73 Å². The number of rotatable bonds is 5. The second kappa shape index (κ2) is 6.91. The Kier molecular flexibility index (Phi) is 5.20. The van der Waals surface area contributed by atoms with Gasteiger partial charge in [0.1, 0.15) is 5.75 Å². The van der Waals surface area contributed by atoms with E-state index in [0.717, 1.165) is 44.5 Å². The van der Waals surface area contributed by atoms with Crippen LogP contribution >= 0.6 is 0 Å². The van der Waals surface area contributed by atoms with Crippen LogP contribution in [0.4, 0.5) is 0 Å². The first-order valence-corrected chi connectivity index (χ1v) is 7.39. The normalized spacial score (nSPS) is 23.5. The van der Waals surface area contributed by atoms with Crippen molar-refractivity contribution in [3.63, 3.8) is 0 Å². The summed E-state index contributed by atoms with van der Waals surface area (Å²) in [6, 6.07) is 7.71. The molecule has 0 radical (unpaired) electrons. The zero-order valence-electron chi connectivity index (χ0n) is 12.5. The molecule has 116 valence electrons. The number of carbonyl (C=O) groups is 1. The molecule has 21 heavy (non-hydrogen) atoms. The van der Waals surface area contributed by atoms with E-state index >= 15 is 0 Å². The molecule has 1 atom stereocenters. The Morgan fingerprint density at radius 2 is 2.24 bits per heavy atom. The topological polar surface area (TPSA) is 75.8 Å². The van der Waals surface area contributed by atoms with Gasteiger partial charge in [0.05, 0.1) is 5.60 Å². The minimum absolute atomic E-state index is 0.101. The van der Waals surface area contributed by atoms with Crippen LogP contribution in [0.1, 0.15) is 31.7 Å². The van der Waals surface area contributed by atoms with Crippen LogP contribution in [-0.4, -0.2) is 41.2 Å². The zero-order chi connectivity index (χ0) is 15.3. The maximum absolute atomic E-state index is 10.7. The minimum atomic E-state index is -0.540. The number of ether oxygens (including phenoxy) is 1. The predicted octanol–water partition coefficient (Wildman–Crippen LogP) is 1.29. The molecule has 1 aliphatic heterocycles. The van der Waals surface area contributed by atoms with Crippen molar-refractivity contribution in [1.82, 2.24) is 4.90 Å². The number of likely N-dealkylation sites (tertiary alicyclic amines) is 1. The molecule has 0 aliphatic carbocycles. The molecule has 1 amide bonds. The highest BCUT2D eigenvalue weighted by Crippen LogP contribution is 2.23. The Morgan fingerprint density at radius 1 is 1.43 bits per heavy atom. The van der Waals surface area contributed by atoms with Crippen molar-refractivity contribution in [1.29, 1.82) is 0 Å². The first kappa shape index (κ1) is 15.8. The van der Waals surface area contributed by atoms with Crippen molar-refractivity contribution < 1.29 is 14.6 Å². The Morgan fingerprint density at radius 3 is 3.00 bits per heavy atom. The Balaban J connectivity index is 1.93. The first-order chi connectivity index (χ1) is 9.94. The quantitative estimate of drug-likeness (QED) is 0.857. The number of hydrogen-bond acceptors (Lipinski definition) is 4. The van der Waals surface area contributed by atoms with Gasteiger partial charge in [0, 0.05) is 13.1 Å². The molecule has 0 aromatic heterocycles. The molecule has 1 aromatic rings. The van der Waals surface area contributed by atoms with E-state index < -0.39 is 11.5 Å². The average Bonchev–Trinajstić information content (AvgIpc) is 2.58. The first-order valence-electron chi connectivity index (χ1n) is 7.39. The number of amides is 1. The number of aliphatic hydroxyl groups is 1. The molecule has 5 nitrogen and oxygen atoms in total. The van der Waals surface area contributed by atoms with Gasteiger partial charge in [-0.2, -0.15) is 0 Å². The van der Waals surface area contributed by atoms with Gasteiger partial charge in [-0.1, -0.05) is 12.1 Å². The maximum Gasteiger partial charge on any atom is 0.255 e. The van der Waals surface area contributed by atoms with Crippen molar-refractivity contribution >= 4 is 5.91 Å². The van der Waals surface area contributed by atoms with Crippen LogP contribution in [0, 0.1) is 0 Å². The second-order valence-electron chi connectivity index (χ2n) is 6.03. The number of nitrogens with zero attached hydrogens (tertiary/aromatic N) is 1. The number of primary amides is 1. The molecule has 1 aliphatic rings. The third-order valence-electron chi connectivity index (χ3n) is 3.84. The van der Waals surface area contributed by atoms with E-state index in [2.05, 4.69) is 4.90 Å². The highest BCUT2D eigenvalue weighted by Gasteiger charge is 2.24. The summed E-state index contributed by atoms with van der Waals surface area (Å²) in [5.41, 5.74) is 5.67. The van der Waals surface area contributed by atoms with Gasteiger partial charge >= 0.3 is 0 Å². The molecule has 1 unspecified atom stereocenters. The van der Waals surface area contributed by atoms with E-state index in [1.165, 1.54) is 0 Å². The molecular weight excluding hydrogens is 268 g/mol. The third kappa shape index (κ3) is 5.36. The van der Waals surface area contributed by atoms with E-state index in [0.29, 0.717) is 5.75 Å². The molecule has 1 aromatic carbocycles. The summed E-state index contributed by atoms with van der Waals surface area (Å²) in [6.45, 7) is 4.51. The Bertz CT molecular complexity index is 488. The van der Waals surface area contributed by atoms with Crippen LogP contribution < -0.4 is 10.5 Å². The maximum atomic E-state index is 10.7. The zero-order valence-corrected chi connectivity index (χ0v) is 12.5. The molecule has 5 heteroatoms. The fourth-order valence-electron chi connectivity index (χ4n) is 2.62. The molecule has 0 bridgehead atoms. The lowest BCUT2D eigenvalue weighted by atomic mass is 9.98. The van der Waals surface area contributed by atoms with Crippen LogP contribution in [0.5, 0.6) is 5.75 Å². The van der Waals surface area contributed by atoms with Crippen LogP contribution in [0.3, 0.4) is 0 Å². The van der Waals surface area contributed by atoms with Gasteiger partial charge in [0.2, 0.25) is 0 Å². The number of carbonyl (C=O) groups excluding carboxylic acids is 1. The van der Waals surface area contributed by atoms with Gasteiger partial charge < -0.3 is 15.6 Å². The number of hydrogen-bond donors (Lipinski definition) is 2. The van der Waals surface area contributed by atoms with Crippen molar-refractivity contribution in [2.75, 3.05) is 19.7 Å². The van der Waals surface area contributed by atoms with E-state index in [9.17, 15) is 9.90 Å². The highest BCUT2D eigenvalue weighted by atomic mass is 16.5. The van der Waals surface area contributed by atoms with Crippen LogP contribution in [-0.2, 0) is 11.3 Å². The monoisotopic (exact) mass is 292 g/mol. The minimum Gasteiger partial charge on any atom is -0.484 e. The van der Waals surface area contributed by atoms with Gasteiger partial charge in [-0.05, 0) is 50.4 Å². The van der Waals surface area contributed by atoms with Gasteiger partial charge in [-0.25, -0.2) is 0 Å². The Hall–Kier alpha value is -1.59. The average molecular weight is 292 g/mol. The van der Waals surface area contributed by atoms with E-state index in [4.69, 9.17) is 10.5 Å². The Labute approximate surface area is 125 Å². The lowest BCUT2D eigenvalue weighted by Gasteiger charge is -2.22. The fourth-order valence-corrected chi connectivity index (χ4v) is 2.62. The molecule has 0 saturated carbocycles. The number of nitrogens with two attached hydrogens (primary N) is 1. The number of benzene rings is 1. The predicted molar refractivity (Wildman–Crippen MR) is 80.9 cm³/mol. The van der Waals surface area contributed by atoms with Crippen LogP contribution in [0.2, 0.25) is 0 Å². The summed E-state index contributed by atoms with van der Waals surface area (Å²) in [5.74, 6) is 0.184. The largest absolute Gasteiger partial charge is 0.484 e. The lowest BCUT2D eigenvalue weighted by molar-refractivity contribution is -0.119. The van der Waals surface area contributed by atoms with E-state index in [1.54, 1.807) is 0 Å². The molecular formula is C16H24N2O3. The van der Waals surface area contributed by atoms with Gasteiger partial charge in [0.25, 0.3) is 5.91 Å². The SMILES string of the molecule is CC1(O)CCCN(Cc2cccc(OCC(N)=O)c2)CC1. The summed E-state index contributed by atoms with van der Waals surface area (Å²) >= 11 is 0.